The number of hydrazine groups is 1. The van der Waals surface area contributed by atoms with E-state index in [0.717, 1.165) is 0 Å². The molecule has 98 valence electrons. The zero-order valence-electron chi connectivity index (χ0n) is 10.1. The molecule has 0 bridgehead atoms. The molecule has 0 atom stereocenters. The number of hydrogen-bond donors (Lipinski definition) is 2. The molecule has 19 heavy (non-hydrogen) atoms. The van der Waals surface area contributed by atoms with Gasteiger partial charge in [-0.1, -0.05) is 18.2 Å². The Morgan fingerprint density at radius 3 is 2.58 bits per heavy atom. The third-order valence-corrected chi connectivity index (χ3v) is 2.59. The van der Waals surface area contributed by atoms with Crippen LogP contribution in [0, 0.1) is 10.1 Å². The number of ether oxygens (including phenoxy) is 1. The summed E-state index contributed by atoms with van der Waals surface area (Å²) in [4.78, 5) is 10.3. The van der Waals surface area contributed by atoms with Gasteiger partial charge in [-0.05, 0) is 18.2 Å². The normalized spacial score (nSPS) is 9.95. The van der Waals surface area contributed by atoms with Crippen LogP contribution >= 0.6 is 0 Å². The van der Waals surface area contributed by atoms with Gasteiger partial charge in [0.25, 0.3) is 5.69 Å². The molecule has 0 aliphatic carbocycles. The lowest BCUT2D eigenvalue weighted by atomic mass is 10.1. The van der Waals surface area contributed by atoms with Crippen LogP contribution in [-0.2, 0) is 6.61 Å². The number of para-hydroxylation sites is 1. The first kappa shape index (κ1) is 12.8. The van der Waals surface area contributed by atoms with Crippen LogP contribution in [0.25, 0.3) is 0 Å². The van der Waals surface area contributed by atoms with Gasteiger partial charge >= 0.3 is 0 Å². The average molecular weight is 259 g/mol. The Kier molecular flexibility index (Phi) is 3.94. The molecule has 2 aromatic rings. The lowest BCUT2D eigenvalue weighted by molar-refractivity contribution is -0.384. The van der Waals surface area contributed by atoms with E-state index >= 15 is 0 Å². The second-order valence-corrected chi connectivity index (χ2v) is 3.84. The summed E-state index contributed by atoms with van der Waals surface area (Å²) in [6.07, 6.45) is 0. The van der Waals surface area contributed by atoms with Crippen LogP contribution in [0.4, 0.5) is 11.4 Å². The number of benzene rings is 2. The van der Waals surface area contributed by atoms with E-state index in [1.807, 2.05) is 30.3 Å². The molecule has 0 unspecified atom stereocenters. The standard InChI is InChI=1S/C13H13N3O3/c14-15-13-7-6-11(16(17)18)8-10(13)9-19-12-4-2-1-3-5-12/h1-8,15H,9,14H2. The summed E-state index contributed by atoms with van der Waals surface area (Å²) in [7, 11) is 0. The number of non-ortho nitro benzene ring substituents is 1. The minimum Gasteiger partial charge on any atom is -0.489 e. The van der Waals surface area contributed by atoms with Gasteiger partial charge in [-0.25, -0.2) is 0 Å². The van der Waals surface area contributed by atoms with E-state index < -0.39 is 4.92 Å². The molecule has 0 fully saturated rings. The van der Waals surface area contributed by atoms with E-state index in [2.05, 4.69) is 5.43 Å². The Morgan fingerprint density at radius 2 is 1.95 bits per heavy atom. The number of nitrogens with zero attached hydrogens (tertiary/aromatic N) is 1. The fraction of sp³-hybridized carbons (Fsp3) is 0.0769. The smallest absolute Gasteiger partial charge is 0.269 e. The first-order chi connectivity index (χ1) is 9.20. The van der Waals surface area contributed by atoms with Crippen LogP contribution in [0.15, 0.2) is 48.5 Å². The molecule has 0 radical (unpaired) electrons. The highest BCUT2D eigenvalue weighted by atomic mass is 16.6. The van der Waals surface area contributed by atoms with E-state index in [-0.39, 0.29) is 12.3 Å². The Bertz CT molecular complexity index is 573. The van der Waals surface area contributed by atoms with Crippen molar-refractivity contribution in [2.45, 2.75) is 6.61 Å². The number of nitrogens with one attached hydrogen (secondary N) is 1. The molecule has 2 rings (SSSR count). The minimum absolute atomic E-state index is 0.00524. The number of nitro benzene ring substituents is 1. The molecule has 0 aliphatic heterocycles. The zero-order valence-corrected chi connectivity index (χ0v) is 10.1. The largest absolute Gasteiger partial charge is 0.489 e. The third-order valence-electron chi connectivity index (χ3n) is 2.59. The molecule has 2 aromatic carbocycles. The second kappa shape index (κ2) is 5.83. The third kappa shape index (κ3) is 3.20. The van der Waals surface area contributed by atoms with Gasteiger partial charge in [-0.3, -0.25) is 16.0 Å². The van der Waals surface area contributed by atoms with E-state index in [0.29, 0.717) is 17.0 Å². The molecule has 0 aromatic heterocycles. The van der Waals surface area contributed by atoms with Crippen molar-refractivity contribution in [3.63, 3.8) is 0 Å². The number of nitro groups is 1. The summed E-state index contributed by atoms with van der Waals surface area (Å²) in [5, 5.41) is 10.7. The summed E-state index contributed by atoms with van der Waals surface area (Å²) in [6.45, 7) is 0.200. The fourth-order valence-electron chi connectivity index (χ4n) is 1.63. The summed E-state index contributed by atoms with van der Waals surface area (Å²) in [5.41, 5.74) is 3.72. The zero-order chi connectivity index (χ0) is 13.7. The van der Waals surface area contributed by atoms with Crippen LogP contribution in [-0.4, -0.2) is 4.92 Å². The monoisotopic (exact) mass is 259 g/mol. The van der Waals surface area contributed by atoms with E-state index in [1.54, 1.807) is 6.07 Å². The molecule has 0 spiro atoms. The van der Waals surface area contributed by atoms with Gasteiger partial charge in [0.15, 0.2) is 0 Å². The van der Waals surface area contributed by atoms with Crippen molar-refractivity contribution >= 4 is 11.4 Å². The molecule has 0 amide bonds. The number of nitrogen functional groups attached to an aromatic ring is 1. The summed E-state index contributed by atoms with van der Waals surface area (Å²) < 4.78 is 5.55. The highest BCUT2D eigenvalue weighted by molar-refractivity contribution is 5.55. The Hall–Kier alpha value is -2.60. The summed E-state index contributed by atoms with van der Waals surface area (Å²) >= 11 is 0. The maximum Gasteiger partial charge on any atom is 0.269 e. The van der Waals surface area contributed by atoms with Gasteiger partial charge < -0.3 is 10.2 Å². The number of nitrogens with two attached hydrogens (primary N) is 1. The molecular weight excluding hydrogens is 246 g/mol. The van der Waals surface area contributed by atoms with Gasteiger partial charge in [0, 0.05) is 17.7 Å². The molecule has 6 nitrogen and oxygen atoms in total. The topological polar surface area (TPSA) is 90.4 Å². The quantitative estimate of drug-likeness (QED) is 0.489. The predicted octanol–water partition coefficient (Wildman–Crippen LogP) is 2.46. The molecule has 0 saturated carbocycles. The van der Waals surface area contributed by atoms with Gasteiger partial charge in [0.05, 0.1) is 10.6 Å². The van der Waals surface area contributed by atoms with Gasteiger partial charge in [-0.15, -0.1) is 0 Å². The lowest BCUT2D eigenvalue weighted by Crippen LogP contribution is -2.10. The first-order valence-electron chi connectivity index (χ1n) is 5.62. The Balaban J connectivity index is 2.18. The second-order valence-electron chi connectivity index (χ2n) is 3.84. The molecule has 0 saturated heterocycles. The molecule has 6 heteroatoms. The van der Waals surface area contributed by atoms with Crippen molar-refractivity contribution in [2.24, 2.45) is 5.84 Å². The maximum atomic E-state index is 10.7. The molecular formula is C13H13N3O3. The van der Waals surface area contributed by atoms with Crippen molar-refractivity contribution < 1.29 is 9.66 Å². The Morgan fingerprint density at radius 1 is 1.21 bits per heavy atom. The van der Waals surface area contributed by atoms with Gasteiger partial charge in [-0.2, -0.15) is 0 Å². The first-order valence-corrected chi connectivity index (χ1v) is 5.62. The fourth-order valence-corrected chi connectivity index (χ4v) is 1.63. The van der Waals surface area contributed by atoms with Crippen molar-refractivity contribution in [1.29, 1.82) is 0 Å². The molecule has 0 heterocycles. The van der Waals surface area contributed by atoms with Crippen molar-refractivity contribution in [2.75, 3.05) is 5.43 Å². The summed E-state index contributed by atoms with van der Waals surface area (Å²) in [5.74, 6) is 6.06. The molecule has 3 N–H and O–H groups in total. The van der Waals surface area contributed by atoms with Crippen molar-refractivity contribution in [3.8, 4) is 5.75 Å². The Labute approximate surface area is 109 Å². The van der Waals surface area contributed by atoms with Crippen molar-refractivity contribution in [1.82, 2.24) is 0 Å². The minimum atomic E-state index is -0.452. The SMILES string of the molecule is NNc1ccc([N+](=O)[O-])cc1COc1ccccc1. The van der Waals surface area contributed by atoms with Crippen molar-refractivity contribution in [3.05, 3.63) is 64.2 Å². The van der Waals surface area contributed by atoms with Crippen LogP contribution in [0.1, 0.15) is 5.56 Å². The van der Waals surface area contributed by atoms with Crippen LogP contribution in [0.2, 0.25) is 0 Å². The highest BCUT2D eigenvalue weighted by Crippen LogP contribution is 2.23. The van der Waals surface area contributed by atoms with E-state index in [9.17, 15) is 10.1 Å². The van der Waals surface area contributed by atoms with Crippen LogP contribution in [0.3, 0.4) is 0 Å². The van der Waals surface area contributed by atoms with Gasteiger partial charge in [0.1, 0.15) is 12.4 Å². The number of anilines is 1. The molecule has 0 aliphatic rings. The average Bonchev–Trinajstić information content (AvgIpc) is 2.45. The van der Waals surface area contributed by atoms with E-state index in [4.69, 9.17) is 10.6 Å². The number of rotatable bonds is 5. The van der Waals surface area contributed by atoms with E-state index in [1.165, 1.54) is 12.1 Å². The van der Waals surface area contributed by atoms with Crippen LogP contribution < -0.4 is 16.0 Å². The maximum absolute atomic E-state index is 10.7. The predicted molar refractivity (Wildman–Crippen MR) is 71.7 cm³/mol. The van der Waals surface area contributed by atoms with Crippen LogP contribution in [0.5, 0.6) is 5.75 Å². The number of hydrogen-bond acceptors (Lipinski definition) is 5. The lowest BCUT2D eigenvalue weighted by Gasteiger charge is -2.10. The summed E-state index contributed by atoms with van der Waals surface area (Å²) in [6, 6.07) is 13.6. The van der Waals surface area contributed by atoms with Gasteiger partial charge in [0.2, 0.25) is 0 Å². The highest BCUT2D eigenvalue weighted by Gasteiger charge is 2.10.